The van der Waals surface area contributed by atoms with Crippen LogP contribution in [0.1, 0.15) is 23.6 Å². The molecule has 0 aromatic heterocycles. The number of allylic oxidation sites excluding steroid dienone is 1. The first-order valence-corrected chi connectivity index (χ1v) is 12.5. The highest BCUT2D eigenvalue weighted by atomic mass is 35.5. The highest BCUT2D eigenvalue weighted by Crippen LogP contribution is 2.36. The molecule has 1 heterocycles. The second kappa shape index (κ2) is 12.0. The lowest BCUT2D eigenvalue weighted by Crippen LogP contribution is -2.54. The van der Waals surface area contributed by atoms with Crippen LogP contribution >= 0.6 is 23.2 Å². The van der Waals surface area contributed by atoms with Crippen molar-refractivity contribution in [3.8, 4) is 11.5 Å². The van der Waals surface area contributed by atoms with E-state index in [9.17, 15) is 14.4 Å². The van der Waals surface area contributed by atoms with E-state index < -0.39 is 17.8 Å². The van der Waals surface area contributed by atoms with Gasteiger partial charge in [0, 0.05) is 15.6 Å². The molecule has 1 aliphatic heterocycles. The van der Waals surface area contributed by atoms with E-state index >= 15 is 0 Å². The topological polar surface area (TPSA) is 84.9 Å². The predicted octanol–water partition coefficient (Wildman–Crippen LogP) is 6.37. The molecule has 0 bridgehead atoms. The lowest BCUT2D eigenvalue weighted by atomic mass is 10.0. The minimum Gasteiger partial charge on any atom is -0.490 e. The minimum atomic E-state index is -0.840. The summed E-state index contributed by atoms with van der Waals surface area (Å²) >= 11 is 11.9. The summed E-state index contributed by atoms with van der Waals surface area (Å²) in [5.74, 6) is -0.577. The zero-order valence-electron chi connectivity index (χ0n) is 20.5. The summed E-state index contributed by atoms with van der Waals surface area (Å²) < 4.78 is 12.0. The van der Waals surface area contributed by atoms with Crippen LogP contribution < -0.4 is 19.7 Å². The SMILES string of the molecule is C=CCc1cc(/C=C2\C(=O)NC(=O)N(c3ccc(Cl)cc3)C2=O)cc(OCC)c1OCc1ccc(Cl)cc1. The second-order valence-corrected chi connectivity index (χ2v) is 9.16. The number of anilines is 1. The smallest absolute Gasteiger partial charge is 0.335 e. The Morgan fingerprint density at radius 1 is 0.947 bits per heavy atom. The molecule has 1 fully saturated rings. The first kappa shape index (κ1) is 27.0. The molecule has 9 heteroatoms. The van der Waals surface area contributed by atoms with Crippen molar-refractivity contribution in [2.45, 2.75) is 20.0 Å². The molecule has 1 N–H and O–H groups in total. The number of nitrogens with zero attached hydrogens (tertiary/aromatic N) is 1. The van der Waals surface area contributed by atoms with E-state index in [2.05, 4.69) is 11.9 Å². The molecule has 194 valence electrons. The van der Waals surface area contributed by atoms with E-state index in [0.29, 0.717) is 40.1 Å². The van der Waals surface area contributed by atoms with Crippen molar-refractivity contribution in [2.75, 3.05) is 11.5 Å². The Bertz CT molecular complexity index is 1420. The zero-order chi connectivity index (χ0) is 27.2. The maximum Gasteiger partial charge on any atom is 0.335 e. The molecular formula is C29H24Cl2N2O5. The number of imide groups is 2. The van der Waals surface area contributed by atoms with Gasteiger partial charge in [0.2, 0.25) is 0 Å². The number of rotatable bonds is 9. The van der Waals surface area contributed by atoms with Crippen LogP contribution in [0.25, 0.3) is 6.08 Å². The molecule has 0 aliphatic carbocycles. The quantitative estimate of drug-likeness (QED) is 0.190. The fourth-order valence-electron chi connectivity index (χ4n) is 3.89. The lowest BCUT2D eigenvalue weighted by Gasteiger charge is -2.26. The number of hydrogen-bond donors (Lipinski definition) is 1. The van der Waals surface area contributed by atoms with Crippen molar-refractivity contribution in [1.29, 1.82) is 0 Å². The van der Waals surface area contributed by atoms with Crippen LogP contribution in [0.5, 0.6) is 11.5 Å². The van der Waals surface area contributed by atoms with Gasteiger partial charge < -0.3 is 9.47 Å². The van der Waals surface area contributed by atoms with Gasteiger partial charge in [-0.25, -0.2) is 9.69 Å². The van der Waals surface area contributed by atoms with Crippen molar-refractivity contribution >= 4 is 52.8 Å². The van der Waals surface area contributed by atoms with Crippen molar-refractivity contribution < 1.29 is 23.9 Å². The molecule has 4 rings (SSSR count). The highest BCUT2D eigenvalue weighted by molar-refractivity contribution is 6.39. The van der Waals surface area contributed by atoms with Crippen LogP contribution in [0.4, 0.5) is 10.5 Å². The third-order valence-electron chi connectivity index (χ3n) is 5.61. The maximum absolute atomic E-state index is 13.3. The third-order valence-corrected chi connectivity index (χ3v) is 6.12. The molecule has 3 aromatic rings. The number of halogens is 2. The van der Waals surface area contributed by atoms with Crippen LogP contribution in [0.2, 0.25) is 10.0 Å². The largest absolute Gasteiger partial charge is 0.490 e. The lowest BCUT2D eigenvalue weighted by molar-refractivity contribution is -0.122. The normalized spacial score (nSPS) is 14.4. The Morgan fingerprint density at radius 2 is 1.61 bits per heavy atom. The minimum absolute atomic E-state index is 0.207. The summed E-state index contributed by atoms with van der Waals surface area (Å²) in [4.78, 5) is 39.3. The molecular weight excluding hydrogens is 527 g/mol. The van der Waals surface area contributed by atoms with Gasteiger partial charge in [0.1, 0.15) is 12.2 Å². The highest BCUT2D eigenvalue weighted by Gasteiger charge is 2.36. The molecule has 7 nitrogen and oxygen atoms in total. The van der Waals surface area contributed by atoms with Crippen LogP contribution in [-0.2, 0) is 22.6 Å². The van der Waals surface area contributed by atoms with Crippen LogP contribution in [0, 0.1) is 0 Å². The summed E-state index contributed by atoms with van der Waals surface area (Å²) in [5, 5.41) is 3.30. The summed E-state index contributed by atoms with van der Waals surface area (Å²) in [7, 11) is 0. The van der Waals surface area contributed by atoms with Gasteiger partial charge in [-0.3, -0.25) is 14.9 Å². The van der Waals surface area contributed by atoms with E-state index in [1.807, 2.05) is 19.1 Å². The van der Waals surface area contributed by atoms with Gasteiger partial charge in [-0.15, -0.1) is 6.58 Å². The molecule has 0 saturated carbocycles. The Labute approximate surface area is 230 Å². The molecule has 0 spiro atoms. The Kier molecular flexibility index (Phi) is 8.51. The molecule has 38 heavy (non-hydrogen) atoms. The zero-order valence-corrected chi connectivity index (χ0v) is 22.0. The number of carbonyl (C=O) groups is 3. The van der Waals surface area contributed by atoms with E-state index in [4.69, 9.17) is 32.7 Å². The standard InChI is InChI=1S/C29H24Cl2N2O5/c1-3-5-20-14-19(16-25(37-4-2)26(20)38-17-18-6-8-21(30)9-7-18)15-24-27(34)32-29(36)33(28(24)35)23-12-10-22(31)11-13-23/h3,6-16H,1,4-5,17H2,2H3,(H,32,34,36)/b24-15+. The number of ether oxygens (including phenoxy) is 2. The van der Waals surface area contributed by atoms with E-state index in [-0.39, 0.29) is 17.9 Å². The average Bonchev–Trinajstić information content (AvgIpc) is 2.88. The Hall–Kier alpha value is -4.07. The molecule has 3 aromatic carbocycles. The van der Waals surface area contributed by atoms with Gasteiger partial charge in [0.05, 0.1) is 12.3 Å². The number of benzene rings is 3. The first-order chi connectivity index (χ1) is 18.3. The average molecular weight is 551 g/mol. The second-order valence-electron chi connectivity index (χ2n) is 8.28. The van der Waals surface area contributed by atoms with Gasteiger partial charge in [-0.1, -0.05) is 41.4 Å². The van der Waals surface area contributed by atoms with E-state index in [1.165, 1.54) is 18.2 Å². The fraction of sp³-hybridized carbons (Fsp3) is 0.138. The van der Waals surface area contributed by atoms with Crippen LogP contribution in [0.15, 0.2) is 78.9 Å². The third kappa shape index (κ3) is 6.07. The molecule has 0 radical (unpaired) electrons. The number of urea groups is 1. The Balaban J connectivity index is 1.71. The molecule has 1 saturated heterocycles. The number of amides is 4. The predicted molar refractivity (Wildman–Crippen MR) is 148 cm³/mol. The van der Waals surface area contributed by atoms with Crippen LogP contribution in [0.3, 0.4) is 0 Å². The summed E-state index contributed by atoms with van der Waals surface area (Å²) in [6, 6.07) is 16.1. The number of carbonyl (C=O) groups excluding carboxylic acids is 3. The van der Waals surface area contributed by atoms with Crippen molar-refractivity contribution in [3.63, 3.8) is 0 Å². The van der Waals surface area contributed by atoms with Crippen LogP contribution in [-0.4, -0.2) is 24.5 Å². The van der Waals surface area contributed by atoms with Gasteiger partial charge in [-0.05, 0) is 79.1 Å². The molecule has 0 unspecified atom stereocenters. The summed E-state index contributed by atoms with van der Waals surface area (Å²) in [6.45, 7) is 6.32. The van der Waals surface area contributed by atoms with Crippen molar-refractivity contribution in [1.82, 2.24) is 5.32 Å². The molecule has 1 aliphatic rings. The van der Waals surface area contributed by atoms with Crippen molar-refractivity contribution in [2.24, 2.45) is 0 Å². The Morgan fingerprint density at radius 3 is 2.24 bits per heavy atom. The maximum atomic E-state index is 13.3. The molecule has 0 atom stereocenters. The first-order valence-electron chi connectivity index (χ1n) is 11.8. The van der Waals surface area contributed by atoms with Gasteiger partial charge >= 0.3 is 6.03 Å². The molecule has 4 amide bonds. The van der Waals surface area contributed by atoms with E-state index in [0.717, 1.165) is 16.0 Å². The monoisotopic (exact) mass is 550 g/mol. The van der Waals surface area contributed by atoms with Gasteiger partial charge in [-0.2, -0.15) is 0 Å². The van der Waals surface area contributed by atoms with Gasteiger partial charge in [0.25, 0.3) is 11.8 Å². The summed E-state index contributed by atoms with van der Waals surface area (Å²) in [6.07, 6.45) is 3.59. The number of barbiturate groups is 1. The summed E-state index contributed by atoms with van der Waals surface area (Å²) in [5.41, 5.74) is 2.27. The van der Waals surface area contributed by atoms with E-state index in [1.54, 1.807) is 42.5 Å². The van der Waals surface area contributed by atoms with Gasteiger partial charge in [0.15, 0.2) is 11.5 Å². The fourth-order valence-corrected chi connectivity index (χ4v) is 4.14. The number of hydrogen-bond acceptors (Lipinski definition) is 5. The van der Waals surface area contributed by atoms with Crippen molar-refractivity contribution in [3.05, 3.63) is 106 Å². The number of nitrogens with one attached hydrogen (secondary N) is 1.